The Kier molecular flexibility index (Phi) is 5.04. The molecule has 1 aliphatic carbocycles. The van der Waals surface area contributed by atoms with Gasteiger partial charge in [0.05, 0.1) is 18.2 Å². The average molecular weight is 245 g/mol. The predicted octanol–water partition coefficient (Wildman–Crippen LogP) is 3.14. The highest BCUT2D eigenvalue weighted by molar-refractivity contribution is 5.36. The lowest BCUT2D eigenvalue weighted by Crippen LogP contribution is -2.15. The van der Waals surface area contributed by atoms with Crippen molar-refractivity contribution in [1.82, 2.24) is 0 Å². The summed E-state index contributed by atoms with van der Waals surface area (Å²) in [7, 11) is 0. The first-order valence-electron chi connectivity index (χ1n) is 6.59. The van der Waals surface area contributed by atoms with Crippen LogP contribution in [0.5, 0.6) is 5.75 Å². The predicted molar refractivity (Wildman–Crippen MR) is 69.4 cm³/mol. The van der Waals surface area contributed by atoms with Gasteiger partial charge in [0.2, 0.25) is 0 Å². The maximum absolute atomic E-state index is 8.75. The van der Waals surface area contributed by atoms with Crippen molar-refractivity contribution < 1.29 is 9.47 Å². The molecular formula is C15H19NO2. The average Bonchev–Trinajstić information content (AvgIpc) is 2.36. The number of nitriles is 1. The lowest BCUT2D eigenvalue weighted by atomic mass is 9.83. The third-order valence-corrected chi connectivity index (χ3v) is 3.35. The Hall–Kier alpha value is -1.53. The van der Waals surface area contributed by atoms with Crippen LogP contribution in [0.25, 0.3) is 0 Å². The molecule has 18 heavy (non-hydrogen) atoms. The highest BCUT2D eigenvalue weighted by atomic mass is 16.5. The van der Waals surface area contributed by atoms with E-state index in [2.05, 4.69) is 6.07 Å². The molecule has 0 saturated heterocycles. The molecule has 1 aliphatic rings. The van der Waals surface area contributed by atoms with E-state index in [1.807, 2.05) is 12.1 Å². The minimum absolute atomic E-state index is 0.541. The van der Waals surface area contributed by atoms with Crippen molar-refractivity contribution in [2.75, 3.05) is 19.8 Å². The first kappa shape index (κ1) is 12.9. The molecule has 0 N–H and O–H groups in total. The fourth-order valence-corrected chi connectivity index (χ4v) is 2.01. The van der Waals surface area contributed by atoms with Gasteiger partial charge in [-0.15, -0.1) is 0 Å². The van der Waals surface area contributed by atoms with Gasteiger partial charge < -0.3 is 9.47 Å². The number of hydrogen-bond donors (Lipinski definition) is 0. The van der Waals surface area contributed by atoms with E-state index in [-0.39, 0.29) is 0 Å². The van der Waals surface area contributed by atoms with Gasteiger partial charge in [-0.3, -0.25) is 0 Å². The zero-order chi connectivity index (χ0) is 12.6. The topological polar surface area (TPSA) is 42.2 Å². The van der Waals surface area contributed by atoms with Crippen LogP contribution in [0.2, 0.25) is 0 Å². The maximum Gasteiger partial charge on any atom is 0.120 e. The second-order valence-electron chi connectivity index (χ2n) is 4.69. The molecule has 0 heterocycles. The summed E-state index contributed by atoms with van der Waals surface area (Å²) in [6.07, 6.45) is 5.33. The number of benzene rings is 1. The summed E-state index contributed by atoms with van der Waals surface area (Å²) in [6, 6.07) is 9.28. The van der Waals surface area contributed by atoms with Crippen LogP contribution in [0.1, 0.15) is 31.2 Å². The highest BCUT2D eigenvalue weighted by Gasteiger charge is 2.16. The van der Waals surface area contributed by atoms with E-state index >= 15 is 0 Å². The Labute approximate surface area is 108 Å². The van der Waals surface area contributed by atoms with Crippen LogP contribution >= 0.6 is 0 Å². The van der Waals surface area contributed by atoms with Gasteiger partial charge in [0.15, 0.2) is 0 Å². The molecular weight excluding hydrogens is 226 g/mol. The van der Waals surface area contributed by atoms with Crippen molar-refractivity contribution >= 4 is 0 Å². The van der Waals surface area contributed by atoms with Crippen LogP contribution in [0.15, 0.2) is 24.3 Å². The van der Waals surface area contributed by atoms with E-state index in [1.54, 1.807) is 12.1 Å². The van der Waals surface area contributed by atoms with Gasteiger partial charge >= 0.3 is 0 Å². The van der Waals surface area contributed by atoms with Gasteiger partial charge in [0.1, 0.15) is 12.4 Å². The molecule has 2 rings (SSSR count). The fourth-order valence-electron chi connectivity index (χ4n) is 2.01. The van der Waals surface area contributed by atoms with Crippen molar-refractivity contribution in [2.24, 2.45) is 5.92 Å². The highest BCUT2D eigenvalue weighted by Crippen LogP contribution is 2.29. The van der Waals surface area contributed by atoms with Crippen LogP contribution in [-0.2, 0) is 4.74 Å². The van der Waals surface area contributed by atoms with Gasteiger partial charge in [0.25, 0.3) is 0 Å². The third-order valence-electron chi connectivity index (χ3n) is 3.35. The van der Waals surface area contributed by atoms with Gasteiger partial charge in [0, 0.05) is 6.61 Å². The number of hydrogen-bond acceptors (Lipinski definition) is 3. The summed E-state index contributed by atoms with van der Waals surface area (Å²) in [4.78, 5) is 0. The van der Waals surface area contributed by atoms with E-state index in [0.29, 0.717) is 18.8 Å². The van der Waals surface area contributed by atoms with Crippen LogP contribution in [0, 0.1) is 17.2 Å². The first-order chi connectivity index (χ1) is 8.88. The zero-order valence-corrected chi connectivity index (χ0v) is 10.6. The van der Waals surface area contributed by atoms with Crippen molar-refractivity contribution in [3.05, 3.63) is 29.8 Å². The maximum atomic E-state index is 8.75. The van der Waals surface area contributed by atoms with Gasteiger partial charge in [-0.2, -0.15) is 5.26 Å². The van der Waals surface area contributed by atoms with Crippen molar-refractivity contribution in [2.45, 2.75) is 25.7 Å². The lowest BCUT2D eigenvalue weighted by molar-refractivity contribution is 0.0812. The molecule has 0 aliphatic heterocycles. The van der Waals surface area contributed by atoms with Crippen LogP contribution in [-0.4, -0.2) is 19.8 Å². The van der Waals surface area contributed by atoms with Gasteiger partial charge in [-0.05, 0) is 30.5 Å². The molecule has 0 spiro atoms. The SMILES string of the molecule is N#Cc1cccc(OCCOCCC2CCC2)c1. The quantitative estimate of drug-likeness (QED) is 0.693. The largest absolute Gasteiger partial charge is 0.491 e. The number of nitrogens with zero attached hydrogens (tertiary/aromatic N) is 1. The fraction of sp³-hybridized carbons (Fsp3) is 0.533. The Morgan fingerprint density at radius 3 is 2.83 bits per heavy atom. The summed E-state index contributed by atoms with van der Waals surface area (Å²) < 4.78 is 11.0. The summed E-state index contributed by atoms with van der Waals surface area (Å²) in [5.41, 5.74) is 0.624. The molecule has 1 aromatic rings. The molecule has 3 heteroatoms. The van der Waals surface area contributed by atoms with E-state index in [1.165, 1.54) is 25.7 Å². The van der Waals surface area contributed by atoms with Crippen LogP contribution in [0.4, 0.5) is 0 Å². The summed E-state index contributed by atoms with van der Waals surface area (Å²) >= 11 is 0. The second-order valence-corrected chi connectivity index (χ2v) is 4.69. The molecule has 1 fully saturated rings. The number of ether oxygens (including phenoxy) is 2. The molecule has 3 nitrogen and oxygen atoms in total. The van der Waals surface area contributed by atoms with Crippen LogP contribution < -0.4 is 4.74 Å². The second kappa shape index (κ2) is 7.03. The van der Waals surface area contributed by atoms with E-state index < -0.39 is 0 Å². The smallest absolute Gasteiger partial charge is 0.120 e. The molecule has 0 amide bonds. The lowest BCUT2D eigenvalue weighted by Gasteiger charge is -2.24. The van der Waals surface area contributed by atoms with Gasteiger partial charge in [-0.25, -0.2) is 0 Å². The Morgan fingerprint density at radius 1 is 1.22 bits per heavy atom. The summed E-state index contributed by atoms with van der Waals surface area (Å²) in [5.74, 6) is 1.63. The Bertz CT molecular complexity index is 407. The minimum Gasteiger partial charge on any atom is -0.491 e. The minimum atomic E-state index is 0.541. The van der Waals surface area contributed by atoms with Crippen LogP contribution in [0.3, 0.4) is 0 Å². The Morgan fingerprint density at radius 2 is 2.11 bits per heavy atom. The molecule has 0 unspecified atom stereocenters. The van der Waals surface area contributed by atoms with E-state index in [0.717, 1.165) is 18.3 Å². The molecule has 1 saturated carbocycles. The van der Waals surface area contributed by atoms with Crippen molar-refractivity contribution in [1.29, 1.82) is 5.26 Å². The summed E-state index contributed by atoms with van der Waals surface area (Å²) in [5, 5.41) is 8.75. The molecule has 96 valence electrons. The molecule has 0 atom stereocenters. The first-order valence-corrected chi connectivity index (χ1v) is 6.59. The van der Waals surface area contributed by atoms with Gasteiger partial charge in [-0.1, -0.05) is 25.3 Å². The van der Waals surface area contributed by atoms with E-state index in [9.17, 15) is 0 Å². The summed E-state index contributed by atoms with van der Waals surface area (Å²) in [6.45, 7) is 2.00. The number of rotatable bonds is 7. The monoisotopic (exact) mass is 245 g/mol. The van der Waals surface area contributed by atoms with E-state index in [4.69, 9.17) is 14.7 Å². The molecule has 0 aromatic heterocycles. The molecule has 0 radical (unpaired) electrons. The third kappa shape index (κ3) is 4.05. The molecule has 1 aromatic carbocycles. The zero-order valence-electron chi connectivity index (χ0n) is 10.6. The Balaban J connectivity index is 1.55. The van der Waals surface area contributed by atoms with Crippen molar-refractivity contribution in [3.63, 3.8) is 0 Å². The standard InChI is InChI=1S/C15H19NO2/c16-12-14-5-2-6-15(11-14)18-10-9-17-8-7-13-3-1-4-13/h2,5-6,11,13H,1,3-4,7-10H2. The normalized spacial score (nSPS) is 14.8. The molecule has 0 bridgehead atoms. The van der Waals surface area contributed by atoms with Crippen molar-refractivity contribution in [3.8, 4) is 11.8 Å².